The number of benzene rings is 1. The monoisotopic (exact) mass is 564 g/mol. The highest BCUT2D eigenvalue weighted by atomic mass is 19.4. The van der Waals surface area contributed by atoms with Crippen LogP contribution in [0.1, 0.15) is 73.0 Å². The number of nitrogens with one attached hydrogen (secondary N) is 1. The number of hydrogen-bond acceptors (Lipinski definition) is 7. The van der Waals surface area contributed by atoms with Crippen LogP contribution in [-0.4, -0.2) is 72.4 Å². The molecule has 0 saturated carbocycles. The number of amides is 1. The number of piperidine rings is 1. The fourth-order valence-corrected chi connectivity index (χ4v) is 5.06. The number of hydrogen-bond donors (Lipinski definition) is 1. The molecule has 2 aliphatic heterocycles. The van der Waals surface area contributed by atoms with Gasteiger partial charge in [0.2, 0.25) is 11.7 Å². The van der Waals surface area contributed by atoms with E-state index in [2.05, 4.69) is 36.1 Å². The Labute approximate surface area is 233 Å². The van der Waals surface area contributed by atoms with Gasteiger partial charge in [-0.2, -0.15) is 18.2 Å². The predicted molar refractivity (Wildman–Crippen MR) is 143 cm³/mol. The van der Waals surface area contributed by atoms with E-state index in [4.69, 9.17) is 14.2 Å². The molecule has 2 atom stereocenters. The van der Waals surface area contributed by atoms with Crippen LogP contribution in [0.15, 0.2) is 24.3 Å². The number of carbonyl (C=O) groups excluding carboxylic acids is 1. The van der Waals surface area contributed by atoms with Gasteiger partial charge < -0.3 is 24.4 Å². The molecule has 2 aromatic rings. The number of halogens is 3. The molecule has 8 nitrogen and oxygen atoms in total. The van der Waals surface area contributed by atoms with Crippen molar-refractivity contribution in [2.75, 3.05) is 33.4 Å². The molecule has 4 rings (SSSR count). The summed E-state index contributed by atoms with van der Waals surface area (Å²) in [5, 5.41) is 3.61. The van der Waals surface area contributed by atoms with Crippen molar-refractivity contribution < 1.29 is 32.2 Å². The van der Waals surface area contributed by atoms with Crippen molar-refractivity contribution in [1.82, 2.24) is 20.2 Å². The van der Waals surface area contributed by atoms with E-state index < -0.39 is 17.9 Å². The second kappa shape index (κ2) is 12.4. The van der Waals surface area contributed by atoms with Crippen molar-refractivity contribution in [2.24, 2.45) is 0 Å². The highest BCUT2D eigenvalue weighted by Gasteiger charge is 2.38. The molecule has 3 heterocycles. The maximum absolute atomic E-state index is 13.7. The second-order valence-corrected chi connectivity index (χ2v) is 11.5. The van der Waals surface area contributed by atoms with E-state index in [1.54, 1.807) is 12.0 Å². The van der Waals surface area contributed by atoms with Crippen molar-refractivity contribution in [3.8, 4) is 5.88 Å². The van der Waals surface area contributed by atoms with Crippen molar-refractivity contribution in [1.29, 1.82) is 0 Å². The second-order valence-electron chi connectivity index (χ2n) is 11.5. The fourth-order valence-electron chi connectivity index (χ4n) is 5.06. The first-order chi connectivity index (χ1) is 18.9. The molecule has 0 aliphatic carbocycles. The average Bonchev–Trinajstić information content (AvgIpc) is 2.92. The van der Waals surface area contributed by atoms with Crippen LogP contribution in [0.4, 0.5) is 13.2 Å². The van der Waals surface area contributed by atoms with Crippen molar-refractivity contribution in [3.63, 3.8) is 0 Å². The van der Waals surface area contributed by atoms with Gasteiger partial charge in [0.25, 0.3) is 5.91 Å². The minimum Gasteiger partial charge on any atom is -0.472 e. The van der Waals surface area contributed by atoms with Crippen LogP contribution >= 0.6 is 0 Å². The number of ether oxygens (including phenoxy) is 3. The molecule has 1 amide bonds. The molecule has 40 heavy (non-hydrogen) atoms. The third-order valence-electron chi connectivity index (χ3n) is 7.59. The first-order valence-corrected chi connectivity index (χ1v) is 13.7. The molecule has 0 bridgehead atoms. The molecule has 1 aromatic carbocycles. The highest BCUT2D eigenvalue weighted by molar-refractivity contribution is 5.94. The Balaban J connectivity index is 1.45. The van der Waals surface area contributed by atoms with Gasteiger partial charge in [-0.3, -0.25) is 4.79 Å². The number of rotatable bonds is 7. The number of carbonyl (C=O) groups is 1. The van der Waals surface area contributed by atoms with Gasteiger partial charge in [0, 0.05) is 44.5 Å². The van der Waals surface area contributed by atoms with Gasteiger partial charge >= 0.3 is 6.18 Å². The standard InChI is InChI=1S/C29H39F3N4O4/c1-18-24(26(37)36-13-10-21(11-14-36)33-22-12-15-39-17-23(22)38-5)34-27(29(30,31)32)35-25(18)40-16-19-6-8-20(9-7-19)28(2,3)4/h6-9,21-23,33H,10-17H2,1-5H3. The Morgan fingerprint density at radius 2 is 1.77 bits per heavy atom. The third-order valence-corrected chi connectivity index (χ3v) is 7.59. The van der Waals surface area contributed by atoms with Crippen LogP contribution in [0.3, 0.4) is 0 Å². The Morgan fingerprint density at radius 1 is 1.10 bits per heavy atom. The smallest absolute Gasteiger partial charge is 0.451 e. The van der Waals surface area contributed by atoms with Crippen LogP contribution in [0, 0.1) is 6.92 Å². The van der Waals surface area contributed by atoms with Gasteiger partial charge in [-0.1, -0.05) is 45.0 Å². The van der Waals surface area contributed by atoms with Crippen LogP contribution in [0.2, 0.25) is 0 Å². The lowest BCUT2D eigenvalue weighted by molar-refractivity contribution is -0.145. The van der Waals surface area contributed by atoms with Crippen molar-refractivity contribution >= 4 is 5.91 Å². The molecule has 2 saturated heterocycles. The summed E-state index contributed by atoms with van der Waals surface area (Å²) in [7, 11) is 1.66. The van der Waals surface area contributed by atoms with E-state index in [0.29, 0.717) is 39.1 Å². The zero-order chi connectivity index (χ0) is 29.1. The number of nitrogens with zero attached hydrogens (tertiary/aromatic N) is 3. The van der Waals surface area contributed by atoms with Crippen molar-refractivity contribution in [2.45, 2.75) is 83.3 Å². The van der Waals surface area contributed by atoms with Crippen LogP contribution < -0.4 is 10.1 Å². The maximum Gasteiger partial charge on any atom is 0.451 e. The minimum absolute atomic E-state index is 0.0128. The summed E-state index contributed by atoms with van der Waals surface area (Å²) >= 11 is 0. The fraction of sp³-hybridized carbons (Fsp3) is 0.621. The summed E-state index contributed by atoms with van der Waals surface area (Å²) in [6, 6.07) is 8.02. The SMILES string of the molecule is COC1COCCC1NC1CCN(C(=O)c2nc(C(F)(F)F)nc(OCc3ccc(C(C)(C)C)cc3)c2C)CC1. The Kier molecular flexibility index (Phi) is 9.36. The lowest BCUT2D eigenvalue weighted by Crippen LogP contribution is -2.54. The first-order valence-electron chi connectivity index (χ1n) is 13.7. The van der Waals surface area contributed by atoms with Gasteiger partial charge in [-0.15, -0.1) is 0 Å². The summed E-state index contributed by atoms with van der Waals surface area (Å²) in [6.07, 6.45) is -2.68. The molecular formula is C29H39F3N4O4. The van der Waals surface area contributed by atoms with E-state index >= 15 is 0 Å². The van der Waals surface area contributed by atoms with E-state index in [9.17, 15) is 18.0 Å². The largest absolute Gasteiger partial charge is 0.472 e. The lowest BCUT2D eigenvalue weighted by atomic mass is 9.87. The quantitative estimate of drug-likeness (QED) is 0.523. The molecular weight excluding hydrogens is 525 g/mol. The topological polar surface area (TPSA) is 85.8 Å². The Morgan fingerprint density at radius 3 is 2.38 bits per heavy atom. The third kappa shape index (κ3) is 7.30. The highest BCUT2D eigenvalue weighted by Crippen LogP contribution is 2.31. The molecule has 1 N–H and O–H groups in total. The molecule has 0 radical (unpaired) electrons. The summed E-state index contributed by atoms with van der Waals surface area (Å²) in [4.78, 5) is 22.3. The van der Waals surface area contributed by atoms with Crippen molar-refractivity contribution in [3.05, 3.63) is 52.5 Å². The summed E-state index contributed by atoms with van der Waals surface area (Å²) in [6.45, 7) is 9.83. The van der Waals surface area contributed by atoms with Crippen LogP contribution in [-0.2, 0) is 27.7 Å². The van der Waals surface area contributed by atoms with E-state index in [-0.39, 0.29) is 47.3 Å². The Bertz CT molecular complexity index is 1160. The average molecular weight is 565 g/mol. The van der Waals surface area contributed by atoms with Crippen LogP contribution in [0.25, 0.3) is 0 Å². The Hall–Kier alpha value is -2.76. The van der Waals surface area contributed by atoms with Gasteiger partial charge in [0.1, 0.15) is 12.3 Å². The molecule has 2 aliphatic rings. The zero-order valence-electron chi connectivity index (χ0n) is 23.8. The summed E-state index contributed by atoms with van der Waals surface area (Å²) < 4.78 is 57.9. The van der Waals surface area contributed by atoms with E-state index in [1.807, 2.05) is 24.3 Å². The zero-order valence-corrected chi connectivity index (χ0v) is 23.8. The predicted octanol–water partition coefficient (Wildman–Crippen LogP) is 4.68. The number of methoxy groups -OCH3 is 1. The van der Waals surface area contributed by atoms with E-state index in [0.717, 1.165) is 17.5 Å². The molecule has 1 aromatic heterocycles. The number of aromatic nitrogens is 2. The number of likely N-dealkylation sites (tertiary alicyclic amines) is 1. The van der Waals surface area contributed by atoms with Gasteiger partial charge in [0.15, 0.2) is 0 Å². The molecule has 11 heteroatoms. The van der Waals surface area contributed by atoms with Gasteiger partial charge in [-0.25, -0.2) is 4.98 Å². The van der Waals surface area contributed by atoms with Crippen LogP contribution in [0.5, 0.6) is 5.88 Å². The van der Waals surface area contributed by atoms with Gasteiger partial charge in [0.05, 0.1) is 12.7 Å². The lowest BCUT2D eigenvalue weighted by Gasteiger charge is -2.38. The first kappa shape index (κ1) is 30.2. The molecule has 2 fully saturated rings. The maximum atomic E-state index is 13.7. The number of alkyl halides is 3. The molecule has 0 spiro atoms. The van der Waals surface area contributed by atoms with E-state index in [1.165, 1.54) is 6.92 Å². The molecule has 2 unspecified atom stereocenters. The van der Waals surface area contributed by atoms with Gasteiger partial charge in [-0.05, 0) is 42.7 Å². The molecule has 220 valence electrons. The summed E-state index contributed by atoms with van der Waals surface area (Å²) in [5.74, 6) is -2.18. The normalized spacial score (nSPS) is 20.9. The summed E-state index contributed by atoms with van der Waals surface area (Å²) in [5.41, 5.74) is 1.79. The minimum atomic E-state index is -4.83.